The van der Waals surface area contributed by atoms with Gasteiger partial charge in [-0.1, -0.05) is 48.0 Å². The first-order valence-corrected chi connectivity index (χ1v) is 7.46. The molecule has 23 heavy (non-hydrogen) atoms. The molecule has 1 aliphatic rings. The highest BCUT2D eigenvalue weighted by Crippen LogP contribution is 2.27. The zero-order valence-electron chi connectivity index (χ0n) is 12.4. The van der Waals surface area contributed by atoms with Gasteiger partial charge in [0.1, 0.15) is 5.92 Å². The fraction of sp³-hybridized carbons (Fsp3) is 0.111. The third kappa shape index (κ3) is 2.98. The van der Waals surface area contributed by atoms with Crippen LogP contribution in [0.15, 0.2) is 58.7 Å². The molecule has 4 nitrogen and oxygen atoms in total. The van der Waals surface area contributed by atoms with Crippen molar-refractivity contribution in [3.63, 3.8) is 0 Å². The molecule has 0 atom stereocenters. The molecule has 0 aliphatic heterocycles. The van der Waals surface area contributed by atoms with E-state index < -0.39 is 5.92 Å². The number of carbonyl (C=O) groups excluding carboxylic acids is 2. The molecule has 0 aromatic heterocycles. The van der Waals surface area contributed by atoms with Crippen molar-refractivity contribution >= 4 is 35.1 Å². The Morgan fingerprint density at radius 1 is 1.04 bits per heavy atom. The van der Waals surface area contributed by atoms with Gasteiger partial charge in [-0.05, 0) is 24.6 Å². The number of Topliss-reactive ketones (excluding diaryl/α,β-unsaturated/α-hetero) is 2. The van der Waals surface area contributed by atoms with E-state index in [-0.39, 0.29) is 11.6 Å². The van der Waals surface area contributed by atoms with Crippen molar-refractivity contribution in [2.24, 2.45) is 16.1 Å². The van der Waals surface area contributed by atoms with Crippen LogP contribution < -0.4 is 0 Å². The lowest BCUT2D eigenvalue weighted by Crippen LogP contribution is -2.23. The average Bonchev–Trinajstić information content (AvgIpc) is 2.79. The summed E-state index contributed by atoms with van der Waals surface area (Å²) in [7, 11) is 0. The zero-order valence-corrected chi connectivity index (χ0v) is 13.1. The summed E-state index contributed by atoms with van der Waals surface area (Å²) in [5, 5.41) is 8.58. The van der Waals surface area contributed by atoms with Crippen LogP contribution in [0.2, 0.25) is 5.02 Å². The summed E-state index contributed by atoms with van der Waals surface area (Å²) < 4.78 is 0. The van der Waals surface area contributed by atoms with Gasteiger partial charge in [0.2, 0.25) is 0 Å². The number of hydrogen-bond acceptors (Lipinski definition) is 4. The molecule has 114 valence electrons. The molecule has 0 amide bonds. The Morgan fingerprint density at radius 3 is 2.30 bits per heavy atom. The maximum absolute atomic E-state index is 12.4. The molecule has 0 saturated heterocycles. The standard InChI is InChI=1S/C18H13ClN2O2/c1-11(21-20-10-12-5-4-6-13(19)9-12)16-17(22)14-7-2-3-8-15(14)18(16)23/h2-10,16H,1H3. The molecular weight excluding hydrogens is 312 g/mol. The maximum Gasteiger partial charge on any atom is 0.180 e. The first kappa shape index (κ1) is 15.3. The van der Waals surface area contributed by atoms with E-state index in [1.54, 1.807) is 49.4 Å². The lowest BCUT2D eigenvalue weighted by molar-refractivity contribution is 0.0883. The molecule has 0 N–H and O–H groups in total. The van der Waals surface area contributed by atoms with Gasteiger partial charge < -0.3 is 0 Å². The second-order valence-electron chi connectivity index (χ2n) is 5.25. The van der Waals surface area contributed by atoms with E-state index in [1.165, 1.54) is 6.21 Å². The van der Waals surface area contributed by atoms with E-state index in [4.69, 9.17) is 11.6 Å². The molecule has 0 bridgehead atoms. The van der Waals surface area contributed by atoms with E-state index in [1.807, 2.05) is 6.07 Å². The number of hydrogen-bond donors (Lipinski definition) is 0. The Morgan fingerprint density at radius 2 is 1.70 bits per heavy atom. The van der Waals surface area contributed by atoms with Crippen LogP contribution in [-0.4, -0.2) is 23.5 Å². The van der Waals surface area contributed by atoms with Gasteiger partial charge in [-0.15, -0.1) is 0 Å². The van der Waals surface area contributed by atoms with Gasteiger partial charge >= 0.3 is 0 Å². The van der Waals surface area contributed by atoms with Gasteiger partial charge in [0.15, 0.2) is 11.6 Å². The first-order chi connectivity index (χ1) is 11.1. The Bertz CT molecular complexity index is 821. The number of benzene rings is 2. The number of nitrogens with zero attached hydrogens (tertiary/aromatic N) is 2. The average molecular weight is 325 g/mol. The third-order valence-electron chi connectivity index (χ3n) is 3.67. The van der Waals surface area contributed by atoms with Gasteiger partial charge in [-0.2, -0.15) is 10.2 Å². The molecule has 2 aromatic rings. The summed E-state index contributed by atoms with van der Waals surface area (Å²) in [6.07, 6.45) is 1.53. The van der Waals surface area contributed by atoms with Crippen molar-refractivity contribution < 1.29 is 9.59 Å². The molecule has 3 rings (SSSR count). The van der Waals surface area contributed by atoms with Crippen LogP contribution in [0.1, 0.15) is 33.2 Å². The molecule has 0 unspecified atom stereocenters. The second kappa shape index (κ2) is 6.26. The Labute approximate surface area is 138 Å². The molecular formula is C18H13ClN2O2. The van der Waals surface area contributed by atoms with Crippen molar-refractivity contribution in [3.8, 4) is 0 Å². The predicted octanol–water partition coefficient (Wildman–Crippen LogP) is 3.83. The van der Waals surface area contributed by atoms with E-state index in [2.05, 4.69) is 10.2 Å². The minimum absolute atomic E-state index is 0.218. The minimum atomic E-state index is -0.871. The van der Waals surface area contributed by atoms with Gasteiger partial charge in [0.05, 0.1) is 11.9 Å². The lowest BCUT2D eigenvalue weighted by atomic mass is 9.99. The smallest absolute Gasteiger partial charge is 0.180 e. The summed E-state index contributed by atoms with van der Waals surface area (Å²) in [5.74, 6) is -1.31. The third-order valence-corrected chi connectivity index (χ3v) is 3.91. The van der Waals surface area contributed by atoms with Crippen molar-refractivity contribution in [1.29, 1.82) is 0 Å². The van der Waals surface area contributed by atoms with Crippen LogP contribution in [0.4, 0.5) is 0 Å². The SMILES string of the molecule is CC(=NN=Cc1cccc(Cl)c1)C1C(=O)c2ccccc2C1=O. The van der Waals surface area contributed by atoms with Crippen molar-refractivity contribution in [2.45, 2.75) is 6.92 Å². The maximum atomic E-state index is 12.4. The van der Waals surface area contributed by atoms with Crippen LogP contribution in [0, 0.1) is 5.92 Å². The van der Waals surface area contributed by atoms with E-state index in [0.717, 1.165) is 5.56 Å². The zero-order chi connectivity index (χ0) is 16.4. The molecule has 0 fully saturated rings. The Balaban J connectivity index is 1.82. The van der Waals surface area contributed by atoms with E-state index in [9.17, 15) is 9.59 Å². The van der Waals surface area contributed by atoms with Gasteiger partial charge in [0, 0.05) is 16.1 Å². The molecule has 0 saturated carbocycles. The monoisotopic (exact) mass is 324 g/mol. The summed E-state index contributed by atoms with van der Waals surface area (Å²) >= 11 is 5.89. The Hall–Kier alpha value is -2.59. The number of rotatable bonds is 3. The summed E-state index contributed by atoms with van der Waals surface area (Å²) in [4.78, 5) is 24.7. The highest BCUT2D eigenvalue weighted by Gasteiger charge is 2.40. The van der Waals surface area contributed by atoms with Crippen LogP contribution in [0.25, 0.3) is 0 Å². The summed E-state index contributed by atoms with van der Waals surface area (Å²) in [5.41, 5.74) is 2.09. The largest absolute Gasteiger partial charge is 0.293 e. The van der Waals surface area contributed by atoms with Crippen molar-refractivity contribution in [2.75, 3.05) is 0 Å². The van der Waals surface area contributed by atoms with Gasteiger partial charge in [0.25, 0.3) is 0 Å². The highest BCUT2D eigenvalue weighted by atomic mass is 35.5. The minimum Gasteiger partial charge on any atom is -0.293 e. The van der Waals surface area contributed by atoms with E-state index in [0.29, 0.717) is 21.9 Å². The number of halogens is 1. The van der Waals surface area contributed by atoms with Crippen LogP contribution >= 0.6 is 11.6 Å². The Kier molecular flexibility index (Phi) is 4.17. The molecule has 0 heterocycles. The normalized spacial score (nSPS) is 15.5. The molecule has 1 aliphatic carbocycles. The summed E-state index contributed by atoms with van der Waals surface area (Å²) in [6, 6.07) is 14.0. The van der Waals surface area contributed by atoms with Gasteiger partial charge in [-0.25, -0.2) is 0 Å². The van der Waals surface area contributed by atoms with Crippen molar-refractivity contribution in [1.82, 2.24) is 0 Å². The molecule has 5 heteroatoms. The molecule has 0 radical (unpaired) electrons. The molecule has 2 aromatic carbocycles. The lowest BCUT2D eigenvalue weighted by Gasteiger charge is -2.03. The predicted molar refractivity (Wildman–Crippen MR) is 90.7 cm³/mol. The topological polar surface area (TPSA) is 58.9 Å². The number of fused-ring (bicyclic) bond motifs is 1. The summed E-state index contributed by atoms with van der Waals surface area (Å²) in [6.45, 7) is 1.64. The highest BCUT2D eigenvalue weighted by molar-refractivity contribution is 6.36. The van der Waals surface area contributed by atoms with E-state index >= 15 is 0 Å². The van der Waals surface area contributed by atoms with Crippen molar-refractivity contribution in [3.05, 3.63) is 70.2 Å². The number of carbonyl (C=O) groups is 2. The molecule has 0 spiro atoms. The fourth-order valence-electron chi connectivity index (χ4n) is 2.55. The van der Waals surface area contributed by atoms with Gasteiger partial charge in [-0.3, -0.25) is 9.59 Å². The quantitative estimate of drug-likeness (QED) is 0.489. The fourth-order valence-corrected chi connectivity index (χ4v) is 2.75. The first-order valence-electron chi connectivity index (χ1n) is 7.08. The number of ketones is 2. The van der Waals surface area contributed by atoms with Crippen LogP contribution in [0.5, 0.6) is 0 Å². The second-order valence-corrected chi connectivity index (χ2v) is 5.68. The van der Waals surface area contributed by atoms with Crippen LogP contribution in [-0.2, 0) is 0 Å². The van der Waals surface area contributed by atoms with Crippen LogP contribution in [0.3, 0.4) is 0 Å².